The molecule has 0 aliphatic heterocycles. The fraction of sp³-hybridized carbons (Fsp3) is 0.643. The molecule has 0 unspecified atom stereocenters. The van der Waals surface area contributed by atoms with Crippen LogP contribution in [0.2, 0.25) is 0 Å². The van der Waals surface area contributed by atoms with Crippen molar-refractivity contribution in [3.8, 4) is 5.75 Å². The summed E-state index contributed by atoms with van der Waals surface area (Å²) in [7, 11) is 1.66. The van der Waals surface area contributed by atoms with E-state index in [4.69, 9.17) is 19.9 Å². The Morgan fingerprint density at radius 2 is 1.95 bits per heavy atom. The monoisotopic (exact) mass is 268 g/mol. The highest BCUT2D eigenvalue weighted by Gasteiger charge is 2.08. The van der Waals surface area contributed by atoms with Crippen molar-refractivity contribution >= 4 is 0 Å². The Bertz CT molecular complexity index is 383. The molecule has 0 aliphatic rings. The van der Waals surface area contributed by atoms with E-state index in [0.717, 1.165) is 29.1 Å². The van der Waals surface area contributed by atoms with Crippen molar-refractivity contribution in [1.82, 2.24) is 4.98 Å². The van der Waals surface area contributed by atoms with Gasteiger partial charge in [0.1, 0.15) is 5.75 Å². The lowest BCUT2D eigenvalue weighted by Crippen LogP contribution is -2.10. The van der Waals surface area contributed by atoms with Crippen LogP contribution < -0.4 is 10.5 Å². The second-order valence-corrected chi connectivity index (χ2v) is 4.34. The van der Waals surface area contributed by atoms with E-state index >= 15 is 0 Å². The standard InChI is InChI=1S/C14H24N2O3/c1-11-9-14(13(10-15)12(2)16-11)19-6-4-5-18-8-7-17-3/h9H,4-8,10,15H2,1-3H3. The highest BCUT2D eigenvalue weighted by atomic mass is 16.5. The summed E-state index contributed by atoms with van der Waals surface area (Å²) in [6, 6.07) is 1.93. The van der Waals surface area contributed by atoms with Crippen LogP contribution in [0.15, 0.2) is 6.07 Å². The minimum absolute atomic E-state index is 0.443. The Kier molecular flexibility index (Phi) is 7.40. The van der Waals surface area contributed by atoms with Gasteiger partial charge in [0.2, 0.25) is 0 Å². The second kappa shape index (κ2) is 8.85. The van der Waals surface area contributed by atoms with E-state index < -0.39 is 0 Å². The number of aryl methyl sites for hydroxylation is 2. The maximum absolute atomic E-state index is 5.76. The van der Waals surface area contributed by atoms with E-state index in [1.807, 2.05) is 19.9 Å². The maximum atomic E-state index is 5.76. The van der Waals surface area contributed by atoms with Gasteiger partial charge in [-0.3, -0.25) is 4.98 Å². The maximum Gasteiger partial charge on any atom is 0.127 e. The van der Waals surface area contributed by atoms with Gasteiger partial charge in [-0.05, 0) is 13.8 Å². The number of ether oxygens (including phenoxy) is 3. The molecule has 0 fully saturated rings. The summed E-state index contributed by atoms with van der Waals surface area (Å²) in [6.45, 7) is 6.88. The molecule has 1 heterocycles. The number of hydrogen-bond acceptors (Lipinski definition) is 5. The first-order valence-corrected chi connectivity index (χ1v) is 6.55. The topological polar surface area (TPSA) is 66.6 Å². The van der Waals surface area contributed by atoms with Gasteiger partial charge in [0.05, 0.1) is 19.8 Å². The van der Waals surface area contributed by atoms with Crippen LogP contribution in [0.1, 0.15) is 23.4 Å². The molecule has 0 spiro atoms. The Hall–Kier alpha value is -1.17. The van der Waals surface area contributed by atoms with Gasteiger partial charge in [-0.2, -0.15) is 0 Å². The van der Waals surface area contributed by atoms with E-state index in [1.54, 1.807) is 7.11 Å². The smallest absolute Gasteiger partial charge is 0.127 e. The second-order valence-electron chi connectivity index (χ2n) is 4.34. The molecule has 0 aromatic carbocycles. The number of pyridine rings is 1. The Labute approximate surface area is 115 Å². The quantitative estimate of drug-likeness (QED) is 0.689. The van der Waals surface area contributed by atoms with Crippen molar-refractivity contribution in [3.05, 3.63) is 23.0 Å². The number of methoxy groups -OCH3 is 1. The molecular weight excluding hydrogens is 244 g/mol. The van der Waals surface area contributed by atoms with Crippen molar-refractivity contribution < 1.29 is 14.2 Å². The predicted octanol–water partition coefficient (Wildman–Crippen LogP) is 1.59. The normalized spacial score (nSPS) is 10.7. The van der Waals surface area contributed by atoms with Gasteiger partial charge in [0, 0.05) is 49.7 Å². The lowest BCUT2D eigenvalue weighted by molar-refractivity contribution is 0.0644. The van der Waals surface area contributed by atoms with E-state index in [1.165, 1.54) is 0 Å². The number of hydrogen-bond donors (Lipinski definition) is 1. The van der Waals surface area contributed by atoms with Gasteiger partial charge < -0.3 is 19.9 Å². The van der Waals surface area contributed by atoms with Crippen LogP contribution >= 0.6 is 0 Å². The molecule has 0 radical (unpaired) electrons. The Balaban J connectivity index is 2.36. The molecule has 5 nitrogen and oxygen atoms in total. The molecule has 0 atom stereocenters. The Morgan fingerprint density at radius 1 is 1.16 bits per heavy atom. The third-order valence-electron chi connectivity index (χ3n) is 2.74. The van der Waals surface area contributed by atoms with Gasteiger partial charge in [-0.15, -0.1) is 0 Å². The number of nitrogens with zero attached hydrogens (tertiary/aromatic N) is 1. The molecule has 19 heavy (non-hydrogen) atoms. The number of nitrogens with two attached hydrogens (primary N) is 1. The van der Waals surface area contributed by atoms with Gasteiger partial charge in [0.15, 0.2) is 0 Å². The predicted molar refractivity (Wildman–Crippen MR) is 74.4 cm³/mol. The third-order valence-corrected chi connectivity index (χ3v) is 2.74. The summed E-state index contributed by atoms with van der Waals surface area (Å²) in [5.74, 6) is 0.837. The summed E-state index contributed by atoms with van der Waals surface area (Å²) in [5, 5.41) is 0. The van der Waals surface area contributed by atoms with Crippen molar-refractivity contribution in [2.75, 3.05) is 33.5 Å². The van der Waals surface area contributed by atoms with Crippen molar-refractivity contribution in [3.63, 3.8) is 0 Å². The molecular formula is C14H24N2O3. The lowest BCUT2D eigenvalue weighted by atomic mass is 10.1. The Morgan fingerprint density at radius 3 is 2.63 bits per heavy atom. The molecule has 108 valence electrons. The molecule has 1 aromatic rings. The van der Waals surface area contributed by atoms with Crippen LogP contribution in [-0.2, 0) is 16.0 Å². The summed E-state index contributed by atoms with van der Waals surface area (Å²) in [5.41, 5.74) is 8.59. The van der Waals surface area contributed by atoms with Gasteiger partial charge in [-0.1, -0.05) is 0 Å². The van der Waals surface area contributed by atoms with Gasteiger partial charge in [0.25, 0.3) is 0 Å². The summed E-state index contributed by atoms with van der Waals surface area (Å²) < 4.78 is 16.0. The number of rotatable bonds is 9. The van der Waals surface area contributed by atoms with Crippen LogP contribution in [0.25, 0.3) is 0 Å². The summed E-state index contributed by atoms with van der Waals surface area (Å²) >= 11 is 0. The van der Waals surface area contributed by atoms with E-state index in [2.05, 4.69) is 4.98 Å². The first-order valence-electron chi connectivity index (χ1n) is 6.55. The van der Waals surface area contributed by atoms with Crippen LogP contribution in [0, 0.1) is 13.8 Å². The zero-order valence-corrected chi connectivity index (χ0v) is 12.1. The first kappa shape index (κ1) is 15.9. The molecule has 1 rings (SSSR count). The minimum atomic E-state index is 0.443. The van der Waals surface area contributed by atoms with Crippen LogP contribution in [-0.4, -0.2) is 38.5 Å². The van der Waals surface area contributed by atoms with E-state index in [9.17, 15) is 0 Å². The van der Waals surface area contributed by atoms with Crippen molar-refractivity contribution in [1.29, 1.82) is 0 Å². The number of aromatic nitrogens is 1. The largest absolute Gasteiger partial charge is 0.493 e. The van der Waals surface area contributed by atoms with E-state index in [0.29, 0.717) is 33.0 Å². The minimum Gasteiger partial charge on any atom is -0.493 e. The SMILES string of the molecule is COCCOCCCOc1cc(C)nc(C)c1CN. The average Bonchev–Trinajstić information content (AvgIpc) is 2.37. The molecule has 0 bridgehead atoms. The molecule has 2 N–H and O–H groups in total. The van der Waals surface area contributed by atoms with Crippen LogP contribution in [0.4, 0.5) is 0 Å². The zero-order valence-electron chi connectivity index (χ0n) is 12.1. The van der Waals surface area contributed by atoms with Crippen molar-refractivity contribution in [2.24, 2.45) is 5.73 Å². The molecule has 0 amide bonds. The highest BCUT2D eigenvalue weighted by molar-refractivity contribution is 5.37. The van der Waals surface area contributed by atoms with Crippen LogP contribution in [0.3, 0.4) is 0 Å². The lowest BCUT2D eigenvalue weighted by Gasteiger charge is -2.13. The van der Waals surface area contributed by atoms with Gasteiger partial charge in [-0.25, -0.2) is 0 Å². The highest BCUT2D eigenvalue weighted by Crippen LogP contribution is 2.21. The van der Waals surface area contributed by atoms with Gasteiger partial charge >= 0.3 is 0 Å². The summed E-state index contributed by atoms with van der Waals surface area (Å²) in [6.07, 6.45) is 0.841. The molecule has 0 saturated carbocycles. The van der Waals surface area contributed by atoms with Crippen LogP contribution in [0.5, 0.6) is 5.75 Å². The molecule has 5 heteroatoms. The zero-order chi connectivity index (χ0) is 14.1. The first-order chi connectivity index (χ1) is 9.19. The molecule has 0 aliphatic carbocycles. The van der Waals surface area contributed by atoms with Crippen molar-refractivity contribution in [2.45, 2.75) is 26.8 Å². The van der Waals surface area contributed by atoms with E-state index in [-0.39, 0.29) is 0 Å². The molecule has 1 aromatic heterocycles. The third kappa shape index (κ3) is 5.55. The fourth-order valence-electron chi connectivity index (χ4n) is 1.78. The average molecular weight is 268 g/mol. The summed E-state index contributed by atoms with van der Waals surface area (Å²) in [4.78, 5) is 4.38. The fourth-order valence-corrected chi connectivity index (χ4v) is 1.78. The molecule has 0 saturated heterocycles.